The number of halogens is 4. The number of nitrogens with one attached hydrogen (secondary N) is 1. The molecule has 0 saturated carbocycles. The van der Waals surface area contributed by atoms with Crippen LogP contribution in [0.15, 0.2) is 41.5 Å². The number of methoxy groups -OCH3 is 1. The number of amides is 1. The molecule has 0 bridgehead atoms. The fourth-order valence-electron chi connectivity index (χ4n) is 2.97. The van der Waals surface area contributed by atoms with Crippen molar-refractivity contribution in [1.82, 2.24) is 4.98 Å². The predicted molar refractivity (Wildman–Crippen MR) is 105 cm³/mol. The molecule has 2 aromatic rings. The molecule has 7 nitrogen and oxygen atoms in total. The molecule has 11 heteroatoms. The summed E-state index contributed by atoms with van der Waals surface area (Å²) in [5, 5.41) is 2.56. The van der Waals surface area contributed by atoms with Crippen molar-refractivity contribution in [3.63, 3.8) is 0 Å². The SMILES string of the molecule is COc1ccc(C(=O)Nc2ccc(F)c([C@]3(C)CO[C@@](C)(C(F)(F)F)C(N)=N3)c2)nc1. The molecule has 31 heavy (non-hydrogen) atoms. The average molecular weight is 440 g/mol. The molecule has 0 spiro atoms. The van der Waals surface area contributed by atoms with Gasteiger partial charge in [0.15, 0.2) is 0 Å². The van der Waals surface area contributed by atoms with Crippen LogP contribution in [0.5, 0.6) is 5.75 Å². The first kappa shape index (κ1) is 22.5. The summed E-state index contributed by atoms with van der Waals surface area (Å²) in [6.07, 6.45) is -3.43. The molecule has 0 radical (unpaired) electrons. The number of benzene rings is 1. The molecule has 2 heterocycles. The highest BCUT2D eigenvalue weighted by Crippen LogP contribution is 2.41. The molecule has 1 aliphatic heterocycles. The van der Waals surface area contributed by atoms with Gasteiger partial charge < -0.3 is 20.5 Å². The molecular formula is C20H20F4N4O3. The molecule has 0 fully saturated rings. The number of nitrogens with two attached hydrogens (primary N) is 1. The maximum Gasteiger partial charge on any atom is 0.424 e. The zero-order valence-corrected chi connectivity index (χ0v) is 16.9. The van der Waals surface area contributed by atoms with E-state index in [4.69, 9.17) is 15.2 Å². The number of anilines is 1. The van der Waals surface area contributed by atoms with E-state index in [1.165, 1.54) is 38.4 Å². The van der Waals surface area contributed by atoms with Crippen LogP contribution in [-0.4, -0.2) is 42.2 Å². The van der Waals surface area contributed by atoms with Crippen molar-refractivity contribution in [3.8, 4) is 5.75 Å². The molecule has 0 unspecified atom stereocenters. The minimum absolute atomic E-state index is 0.0832. The van der Waals surface area contributed by atoms with Crippen molar-refractivity contribution in [2.45, 2.75) is 31.2 Å². The Kier molecular flexibility index (Phi) is 5.66. The third-order valence-electron chi connectivity index (χ3n) is 5.05. The van der Waals surface area contributed by atoms with E-state index in [9.17, 15) is 22.4 Å². The fourth-order valence-corrected chi connectivity index (χ4v) is 2.97. The summed E-state index contributed by atoms with van der Waals surface area (Å²) in [6.45, 7) is 1.59. The number of rotatable bonds is 4. The number of amidine groups is 1. The van der Waals surface area contributed by atoms with E-state index >= 15 is 0 Å². The second-order valence-corrected chi connectivity index (χ2v) is 7.32. The Bertz CT molecular complexity index is 1030. The van der Waals surface area contributed by atoms with Crippen LogP contribution in [0.4, 0.5) is 23.2 Å². The average Bonchev–Trinajstić information content (AvgIpc) is 2.71. The van der Waals surface area contributed by atoms with E-state index in [1.54, 1.807) is 6.07 Å². The Morgan fingerprint density at radius 3 is 2.52 bits per heavy atom. The van der Waals surface area contributed by atoms with Crippen LogP contribution in [-0.2, 0) is 10.3 Å². The highest BCUT2D eigenvalue weighted by atomic mass is 19.4. The number of aromatic nitrogens is 1. The van der Waals surface area contributed by atoms with Crippen LogP contribution in [0, 0.1) is 5.82 Å². The van der Waals surface area contributed by atoms with Crippen molar-refractivity contribution >= 4 is 17.4 Å². The monoisotopic (exact) mass is 440 g/mol. The van der Waals surface area contributed by atoms with Crippen molar-refractivity contribution in [1.29, 1.82) is 0 Å². The molecule has 3 N–H and O–H groups in total. The third-order valence-corrected chi connectivity index (χ3v) is 5.05. The number of carbonyl (C=O) groups excluding carboxylic acids is 1. The van der Waals surface area contributed by atoms with E-state index in [2.05, 4.69) is 15.3 Å². The number of aliphatic imine (C=N–C) groups is 1. The highest BCUT2D eigenvalue weighted by molar-refractivity contribution is 6.03. The summed E-state index contributed by atoms with van der Waals surface area (Å²) in [4.78, 5) is 20.3. The van der Waals surface area contributed by atoms with E-state index in [-0.39, 0.29) is 16.9 Å². The molecule has 0 aliphatic carbocycles. The topological polar surface area (TPSA) is 98.8 Å². The van der Waals surface area contributed by atoms with Gasteiger partial charge in [0.05, 0.1) is 19.9 Å². The third kappa shape index (κ3) is 4.18. The lowest BCUT2D eigenvalue weighted by Gasteiger charge is -2.41. The van der Waals surface area contributed by atoms with E-state index < -0.39 is 41.5 Å². The van der Waals surface area contributed by atoms with Gasteiger partial charge >= 0.3 is 6.18 Å². The largest absolute Gasteiger partial charge is 0.495 e. The highest BCUT2D eigenvalue weighted by Gasteiger charge is 2.59. The predicted octanol–water partition coefficient (Wildman–Crippen LogP) is 3.41. The second-order valence-electron chi connectivity index (χ2n) is 7.32. The second kappa shape index (κ2) is 7.80. The maximum absolute atomic E-state index is 14.6. The summed E-state index contributed by atoms with van der Waals surface area (Å²) < 4.78 is 64.5. The number of carbonyl (C=O) groups is 1. The van der Waals surface area contributed by atoms with Gasteiger partial charge in [0, 0.05) is 11.3 Å². The van der Waals surface area contributed by atoms with Crippen LogP contribution in [0.3, 0.4) is 0 Å². The molecule has 1 aromatic heterocycles. The van der Waals surface area contributed by atoms with Crippen LogP contribution in [0.2, 0.25) is 0 Å². The van der Waals surface area contributed by atoms with E-state index in [1.807, 2.05) is 0 Å². The standard InChI is InChI=1S/C20H20F4N4O3/c1-18(10-31-19(2,17(25)28-18)20(22,23)24)13-8-11(4-6-14(13)21)27-16(29)15-7-5-12(30-3)9-26-15/h4-9H,10H2,1-3H3,(H2,25,28)(H,27,29)/t18-,19+/m0/s1. The van der Waals surface area contributed by atoms with Gasteiger partial charge in [-0.3, -0.25) is 9.79 Å². The van der Waals surface area contributed by atoms with Gasteiger partial charge in [-0.15, -0.1) is 0 Å². The van der Waals surface area contributed by atoms with Crippen molar-refractivity contribution < 1.29 is 31.8 Å². The van der Waals surface area contributed by atoms with Crippen LogP contribution in [0.25, 0.3) is 0 Å². The Balaban J connectivity index is 1.90. The van der Waals surface area contributed by atoms with Crippen molar-refractivity contribution in [2.24, 2.45) is 10.7 Å². The normalized spacial score (nSPS) is 23.8. The van der Waals surface area contributed by atoms with Gasteiger partial charge in [0.25, 0.3) is 5.91 Å². The first-order valence-corrected chi connectivity index (χ1v) is 9.07. The Morgan fingerprint density at radius 1 is 1.26 bits per heavy atom. The molecule has 1 amide bonds. The summed E-state index contributed by atoms with van der Waals surface area (Å²) in [6, 6.07) is 6.64. The summed E-state index contributed by atoms with van der Waals surface area (Å²) in [5.74, 6) is -1.66. The van der Waals surface area contributed by atoms with Gasteiger partial charge in [0.1, 0.15) is 28.6 Å². The smallest absolute Gasteiger partial charge is 0.424 e. The first-order valence-electron chi connectivity index (χ1n) is 9.07. The summed E-state index contributed by atoms with van der Waals surface area (Å²) in [5.41, 5.74) is 1.47. The van der Waals surface area contributed by atoms with Gasteiger partial charge in [-0.1, -0.05) is 0 Å². The van der Waals surface area contributed by atoms with Crippen LogP contribution in [0.1, 0.15) is 29.9 Å². The van der Waals surface area contributed by atoms with E-state index in [0.717, 1.165) is 13.0 Å². The Hall–Kier alpha value is -3.21. The van der Waals surface area contributed by atoms with Gasteiger partial charge in [-0.25, -0.2) is 9.37 Å². The molecule has 1 aliphatic rings. The lowest BCUT2D eigenvalue weighted by Crippen LogP contribution is -2.60. The number of ether oxygens (including phenoxy) is 2. The zero-order chi connectivity index (χ0) is 23.0. The zero-order valence-electron chi connectivity index (χ0n) is 16.9. The molecular weight excluding hydrogens is 420 g/mol. The number of hydrogen-bond acceptors (Lipinski definition) is 6. The van der Waals surface area contributed by atoms with Crippen molar-refractivity contribution in [2.75, 3.05) is 19.0 Å². The lowest BCUT2D eigenvalue weighted by atomic mass is 9.89. The molecule has 1 aromatic carbocycles. The van der Waals surface area contributed by atoms with Gasteiger partial charge in [0.2, 0.25) is 5.60 Å². The van der Waals surface area contributed by atoms with Crippen LogP contribution >= 0.6 is 0 Å². The minimum Gasteiger partial charge on any atom is -0.495 e. The number of pyridine rings is 1. The molecule has 166 valence electrons. The quantitative estimate of drug-likeness (QED) is 0.710. The Labute approximate surface area is 175 Å². The summed E-state index contributed by atoms with van der Waals surface area (Å²) >= 11 is 0. The molecule has 0 saturated heterocycles. The maximum atomic E-state index is 14.6. The Morgan fingerprint density at radius 2 is 1.97 bits per heavy atom. The molecule has 2 atom stereocenters. The van der Waals surface area contributed by atoms with Crippen molar-refractivity contribution in [3.05, 3.63) is 53.6 Å². The first-order chi connectivity index (χ1) is 14.4. The number of nitrogens with zero attached hydrogens (tertiary/aromatic N) is 2. The molecule has 3 rings (SSSR count). The fraction of sp³-hybridized carbons (Fsp3) is 0.350. The van der Waals surface area contributed by atoms with Gasteiger partial charge in [-0.05, 0) is 44.2 Å². The lowest BCUT2D eigenvalue weighted by molar-refractivity contribution is -0.249. The number of alkyl halides is 3. The minimum atomic E-state index is -4.79. The number of hydrogen-bond donors (Lipinski definition) is 2. The summed E-state index contributed by atoms with van der Waals surface area (Å²) in [7, 11) is 1.46. The van der Waals surface area contributed by atoms with Gasteiger partial charge in [-0.2, -0.15) is 13.2 Å². The van der Waals surface area contributed by atoms with E-state index in [0.29, 0.717) is 5.75 Å². The van der Waals surface area contributed by atoms with Crippen LogP contribution < -0.4 is 15.8 Å².